The van der Waals surface area contributed by atoms with Crippen molar-refractivity contribution in [3.8, 4) is 0 Å². The maximum atomic E-state index is 10.8. The minimum absolute atomic E-state index is 0.0382. The Morgan fingerprint density at radius 3 is 2.70 bits per heavy atom. The number of rotatable bonds is 5. The molecule has 8 N–H and O–H groups in total. The maximum absolute atomic E-state index is 10.8. The fraction of sp³-hybridized carbons (Fsp3) is 0.444. The molecule has 0 aliphatic carbocycles. The molecule has 0 aliphatic heterocycles. The molecular formula is C9H16N7O3P. The number of aryl methyl sites for hydroxylation is 1. The highest BCUT2D eigenvalue weighted by molar-refractivity contribution is 7.51. The minimum Gasteiger partial charge on any atom is -0.382 e. The van der Waals surface area contributed by atoms with Crippen LogP contribution in [0.15, 0.2) is 6.33 Å². The number of aromatic nitrogens is 4. The summed E-state index contributed by atoms with van der Waals surface area (Å²) in [5, 5.41) is 0. The van der Waals surface area contributed by atoms with Crippen LogP contribution in [0.25, 0.3) is 11.2 Å². The second-order valence-corrected chi connectivity index (χ2v) is 6.17. The number of imidazole rings is 1. The summed E-state index contributed by atoms with van der Waals surface area (Å²) in [6.07, 6.45) is 1.51. The van der Waals surface area contributed by atoms with Crippen molar-refractivity contribution < 1.29 is 14.4 Å². The van der Waals surface area contributed by atoms with Gasteiger partial charge in [-0.25, -0.2) is 4.98 Å². The van der Waals surface area contributed by atoms with Crippen molar-refractivity contribution in [2.24, 2.45) is 5.73 Å². The van der Waals surface area contributed by atoms with E-state index < -0.39 is 13.6 Å². The van der Waals surface area contributed by atoms with Crippen LogP contribution in [0.3, 0.4) is 0 Å². The van der Waals surface area contributed by atoms with Gasteiger partial charge in [0.2, 0.25) is 5.95 Å². The van der Waals surface area contributed by atoms with E-state index in [4.69, 9.17) is 27.0 Å². The third-order valence-electron chi connectivity index (χ3n) is 2.72. The normalized spacial score (nSPS) is 13.8. The number of nitrogens with two attached hydrogens (primary N) is 3. The SMILES string of the molecule is Nc1nc(N)c2ncn(CC[C@@H](N)CP(=O)(O)O)c2n1. The van der Waals surface area contributed by atoms with Crippen LogP contribution < -0.4 is 17.2 Å². The molecule has 0 saturated carbocycles. The van der Waals surface area contributed by atoms with Crippen molar-refractivity contribution in [1.82, 2.24) is 19.5 Å². The number of nitrogens with zero attached hydrogens (tertiary/aromatic N) is 4. The van der Waals surface area contributed by atoms with Crippen LogP contribution in [0.4, 0.5) is 11.8 Å². The van der Waals surface area contributed by atoms with E-state index in [0.29, 0.717) is 24.1 Å². The van der Waals surface area contributed by atoms with E-state index in [1.54, 1.807) is 4.57 Å². The third-order valence-corrected chi connectivity index (χ3v) is 3.67. The second-order valence-electron chi connectivity index (χ2n) is 4.47. The average Bonchev–Trinajstić information content (AvgIpc) is 2.67. The van der Waals surface area contributed by atoms with Gasteiger partial charge in [0.25, 0.3) is 0 Å². The summed E-state index contributed by atoms with van der Waals surface area (Å²) < 4.78 is 12.5. The summed E-state index contributed by atoms with van der Waals surface area (Å²) in [5.74, 6) is 0.224. The van der Waals surface area contributed by atoms with E-state index in [0.717, 1.165) is 0 Å². The Balaban J connectivity index is 2.13. The standard InChI is InChI=1S/C9H16N7O3P/c10-5(3-20(17,18)19)1-2-16-4-13-6-7(11)14-9(12)15-8(6)16/h4-5H,1-3,10H2,(H2,17,18,19)(H4,11,12,14,15)/t5-/m1/s1. The van der Waals surface area contributed by atoms with Crippen LogP contribution in [0, 0.1) is 0 Å². The lowest BCUT2D eigenvalue weighted by atomic mass is 10.2. The van der Waals surface area contributed by atoms with Gasteiger partial charge in [0.1, 0.15) is 5.52 Å². The molecule has 0 saturated heterocycles. The van der Waals surface area contributed by atoms with Crippen LogP contribution >= 0.6 is 7.60 Å². The lowest BCUT2D eigenvalue weighted by molar-refractivity contribution is 0.366. The molecule has 1 atom stereocenters. The average molecular weight is 301 g/mol. The lowest BCUT2D eigenvalue weighted by Crippen LogP contribution is -2.26. The van der Waals surface area contributed by atoms with E-state index in [1.165, 1.54) is 6.33 Å². The quantitative estimate of drug-likeness (QED) is 0.428. The summed E-state index contributed by atoms with van der Waals surface area (Å²) in [7, 11) is -4.11. The molecule has 0 spiro atoms. The monoisotopic (exact) mass is 301 g/mol. The number of fused-ring (bicyclic) bond motifs is 1. The van der Waals surface area contributed by atoms with Crippen molar-refractivity contribution in [3.05, 3.63) is 6.33 Å². The molecule has 0 aliphatic rings. The van der Waals surface area contributed by atoms with Gasteiger partial charge in [0.15, 0.2) is 11.5 Å². The number of hydrogen-bond acceptors (Lipinski definition) is 7. The molecular weight excluding hydrogens is 285 g/mol. The Bertz CT molecular complexity index is 667. The van der Waals surface area contributed by atoms with Gasteiger partial charge in [0, 0.05) is 12.6 Å². The van der Waals surface area contributed by atoms with Gasteiger partial charge >= 0.3 is 7.60 Å². The van der Waals surface area contributed by atoms with Crippen molar-refractivity contribution in [2.45, 2.75) is 19.0 Å². The van der Waals surface area contributed by atoms with Crippen LogP contribution in [-0.2, 0) is 11.1 Å². The summed E-state index contributed by atoms with van der Waals surface area (Å²) in [6.45, 7) is 0.396. The first-order valence-electron chi connectivity index (χ1n) is 5.80. The topological polar surface area (TPSA) is 179 Å². The van der Waals surface area contributed by atoms with Gasteiger partial charge < -0.3 is 31.6 Å². The van der Waals surface area contributed by atoms with Gasteiger partial charge in [-0.1, -0.05) is 0 Å². The highest BCUT2D eigenvalue weighted by Gasteiger charge is 2.19. The molecule has 2 aromatic rings. The van der Waals surface area contributed by atoms with Crippen LogP contribution in [-0.4, -0.2) is 41.5 Å². The Kier molecular flexibility index (Phi) is 3.91. The van der Waals surface area contributed by atoms with E-state index in [-0.39, 0.29) is 17.9 Å². The zero-order valence-corrected chi connectivity index (χ0v) is 11.4. The van der Waals surface area contributed by atoms with Crippen molar-refractivity contribution in [1.29, 1.82) is 0 Å². The molecule has 2 heterocycles. The molecule has 0 unspecified atom stereocenters. The molecule has 0 bridgehead atoms. The number of anilines is 2. The lowest BCUT2D eigenvalue weighted by Gasteiger charge is -2.12. The van der Waals surface area contributed by atoms with E-state index in [1.807, 2.05) is 0 Å². The summed E-state index contributed by atoms with van der Waals surface area (Å²) in [4.78, 5) is 29.6. The minimum atomic E-state index is -4.11. The molecule has 0 fully saturated rings. The first-order valence-corrected chi connectivity index (χ1v) is 7.60. The Labute approximate surface area is 114 Å². The maximum Gasteiger partial charge on any atom is 0.327 e. The molecule has 110 valence electrons. The smallest absolute Gasteiger partial charge is 0.327 e. The molecule has 2 rings (SSSR count). The summed E-state index contributed by atoms with van der Waals surface area (Å²) >= 11 is 0. The van der Waals surface area contributed by atoms with Gasteiger partial charge in [-0.15, -0.1) is 0 Å². The van der Waals surface area contributed by atoms with Crippen LogP contribution in [0.1, 0.15) is 6.42 Å². The van der Waals surface area contributed by atoms with Crippen molar-refractivity contribution in [3.63, 3.8) is 0 Å². The number of hydrogen-bond donors (Lipinski definition) is 5. The Morgan fingerprint density at radius 2 is 2.05 bits per heavy atom. The summed E-state index contributed by atoms with van der Waals surface area (Å²) in [6, 6.07) is -0.621. The second kappa shape index (κ2) is 5.33. The third kappa shape index (κ3) is 3.42. The number of nitrogen functional groups attached to an aromatic ring is 2. The molecule has 2 aromatic heterocycles. The fourth-order valence-corrected chi connectivity index (χ4v) is 2.64. The Morgan fingerprint density at radius 1 is 1.35 bits per heavy atom. The largest absolute Gasteiger partial charge is 0.382 e. The Hall–Kier alpha value is -1.74. The molecule has 20 heavy (non-hydrogen) atoms. The van der Waals surface area contributed by atoms with Gasteiger partial charge in [-0.3, -0.25) is 4.57 Å². The predicted molar refractivity (Wildman–Crippen MR) is 73.7 cm³/mol. The van der Waals surface area contributed by atoms with E-state index >= 15 is 0 Å². The van der Waals surface area contributed by atoms with Crippen LogP contribution in [0.2, 0.25) is 0 Å². The molecule has 10 nitrogen and oxygen atoms in total. The van der Waals surface area contributed by atoms with Gasteiger partial charge in [0.05, 0.1) is 12.5 Å². The highest BCUT2D eigenvalue weighted by Crippen LogP contribution is 2.35. The molecule has 0 radical (unpaired) electrons. The highest BCUT2D eigenvalue weighted by atomic mass is 31.2. The van der Waals surface area contributed by atoms with Gasteiger partial charge in [-0.2, -0.15) is 9.97 Å². The zero-order valence-electron chi connectivity index (χ0n) is 10.5. The van der Waals surface area contributed by atoms with Crippen molar-refractivity contribution >= 4 is 30.5 Å². The van der Waals surface area contributed by atoms with Crippen LogP contribution in [0.5, 0.6) is 0 Å². The summed E-state index contributed by atoms with van der Waals surface area (Å²) in [5.41, 5.74) is 17.8. The molecule has 11 heteroatoms. The van der Waals surface area contributed by atoms with Gasteiger partial charge in [-0.05, 0) is 6.42 Å². The van der Waals surface area contributed by atoms with Crippen molar-refractivity contribution in [2.75, 3.05) is 17.6 Å². The van der Waals surface area contributed by atoms with E-state index in [9.17, 15) is 4.57 Å². The van der Waals surface area contributed by atoms with E-state index in [2.05, 4.69) is 15.0 Å². The first kappa shape index (κ1) is 14.7. The molecule has 0 aromatic carbocycles. The zero-order chi connectivity index (χ0) is 14.9. The molecule has 0 amide bonds. The first-order chi connectivity index (χ1) is 9.26. The fourth-order valence-electron chi connectivity index (χ4n) is 1.85. The predicted octanol–water partition coefficient (Wildman–Crippen LogP) is -1.11.